The van der Waals surface area contributed by atoms with Gasteiger partial charge in [0.25, 0.3) is 0 Å². The van der Waals surface area contributed by atoms with Crippen LogP contribution in [0.25, 0.3) is 0 Å². The van der Waals surface area contributed by atoms with E-state index in [1.165, 1.54) is 6.92 Å². The first-order chi connectivity index (χ1) is 7.93. The van der Waals surface area contributed by atoms with E-state index in [0.717, 1.165) is 0 Å². The number of hydrogen-bond acceptors (Lipinski definition) is 4. The molecule has 2 unspecified atom stereocenters. The lowest BCUT2D eigenvalue weighted by atomic mass is 10.0. The van der Waals surface area contributed by atoms with E-state index in [0.29, 0.717) is 19.4 Å². The van der Waals surface area contributed by atoms with E-state index in [4.69, 9.17) is 14.2 Å². The first-order valence-corrected chi connectivity index (χ1v) is 5.92. The largest absolute Gasteiger partial charge is 0.466 e. The lowest BCUT2D eigenvalue weighted by Crippen LogP contribution is -2.36. The highest BCUT2D eigenvalue weighted by atomic mass is 19.1. The van der Waals surface area contributed by atoms with Crippen LogP contribution in [0.3, 0.4) is 0 Å². The Balaban J connectivity index is 3.96. The summed E-state index contributed by atoms with van der Waals surface area (Å²) < 4.78 is 28.4. The predicted octanol–water partition coefficient (Wildman–Crippen LogP) is 2.46. The van der Waals surface area contributed by atoms with Crippen LogP contribution >= 0.6 is 0 Å². The average molecular weight is 250 g/mol. The van der Waals surface area contributed by atoms with Crippen molar-refractivity contribution in [2.75, 3.05) is 19.9 Å². The second-order valence-electron chi connectivity index (χ2n) is 4.17. The zero-order chi connectivity index (χ0) is 13.3. The van der Waals surface area contributed by atoms with Crippen LogP contribution in [0.5, 0.6) is 0 Å². The molecule has 0 aromatic rings. The SMILES string of the molecule is CCOC(C)OC(C)(CF)CCCOC(C)=O. The van der Waals surface area contributed by atoms with Gasteiger partial charge in [0.05, 0.1) is 12.2 Å². The van der Waals surface area contributed by atoms with Gasteiger partial charge in [-0.1, -0.05) is 0 Å². The lowest BCUT2D eigenvalue weighted by molar-refractivity contribution is -0.202. The van der Waals surface area contributed by atoms with Crippen molar-refractivity contribution in [2.45, 2.75) is 52.4 Å². The van der Waals surface area contributed by atoms with Gasteiger partial charge in [-0.05, 0) is 33.6 Å². The van der Waals surface area contributed by atoms with E-state index in [-0.39, 0.29) is 12.6 Å². The summed E-state index contributed by atoms with van der Waals surface area (Å²) >= 11 is 0. The molecule has 0 heterocycles. The molecule has 0 radical (unpaired) electrons. The normalized spacial score (nSPS) is 16.3. The molecule has 4 nitrogen and oxygen atoms in total. The summed E-state index contributed by atoms with van der Waals surface area (Å²) in [4.78, 5) is 10.6. The number of hydrogen-bond donors (Lipinski definition) is 0. The van der Waals surface area contributed by atoms with E-state index in [1.54, 1.807) is 13.8 Å². The lowest BCUT2D eigenvalue weighted by Gasteiger charge is -2.30. The fraction of sp³-hybridized carbons (Fsp3) is 0.917. The summed E-state index contributed by atoms with van der Waals surface area (Å²) in [5.74, 6) is -0.324. The number of halogens is 1. The predicted molar refractivity (Wildman–Crippen MR) is 62.4 cm³/mol. The van der Waals surface area contributed by atoms with Crippen molar-refractivity contribution in [1.82, 2.24) is 0 Å². The van der Waals surface area contributed by atoms with Gasteiger partial charge in [-0.15, -0.1) is 0 Å². The first kappa shape index (κ1) is 16.3. The zero-order valence-corrected chi connectivity index (χ0v) is 11.1. The van der Waals surface area contributed by atoms with Crippen molar-refractivity contribution in [2.24, 2.45) is 0 Å². The van der Waals surface area contributed by atoms with Crippen LogP contribution < -0.4 is 0 Å². The number of carbonyl (C=O) groups is 1. The van der Waals surface area contributed by atoms with Crippen LogP contribution in [0.4, 0.5) is 4.39 Å². The Morgan fingerprint density at radius 1 is 1.47 bits per heavy atom. The Labute approximate surface area is 102 Å². The third-order valence-electron chi connectivity index (χ3n) is 2.29. The molecule has 0 fully saturated rings. The van der Waals surface area contributed by atoms with Crippen molar-refractivity contribution < 1.29 is 23.4 Å². The van der Waals surface area contributed by atoms with Crippen LogP contribution in [-0.4, -0.2) is 37.7 Å². The number of carbonyl (C=O) groups excluding carboxylic acids is 1. The molecule has 0 aromatic heterocycles. The molecular formula is C12H23FO4. The molecule has 5 heteroatoms. The summed E-state index contributed by atoms with van der Waals surface area (Å²) in [7, 11) is 0. The fourth-order valence-corrected chi connectivity index (χ4v) is 1.49. The Morgan fingerprint density at radius 2 is 2.12 bits per heavy atom. The summed E-state index contributed by atoms with van der Waals surface area (Å²) in [6.07, 6.45) is 0.613. The molecule has 0 rings (SSSR count). The van der Waals surface area contributed by atoms with Gasteiger partial charge in [0.1, 0.15) is 6.67 Å². The van der Waals surface area contributed by atoms with Crippen LogP contribution in [0, 0.1) is 0 Å². The molecule has 17 heavy (non-hydrogen) atoms. The standard InChI is InChI=1S/C12H23FO4/c1-5-15-11(3)17-12(4,9-13)7-6-8-16-10(2)14/h11H,5-9H2,1-4H3. The maximum absolute atomic E-state index is 12.9. The smallest absolute Gasteiger partial charge is 0.302 e. The van der Waals surface area contributed by atoms with E-state index in [2.05, 4.69) is 0 Å². The maximum atomic E-state index is 12.9. The van der Waals surface area contributed by atoms with Crippen molar-refractivity contribution in [1.29, 1.82) is 0 Å². The second kappa shape index (κ2) is 8.42. The number of rotatable bonds is 9. The molecule has 2 atom stereocenters. The van der Waals surface area contributed by atoms with E-state index < -0.39 is 18.6 Å². The van der Waals surface area contributed by atoms with Crippen LogP contribution in [-0.2, 0) is 19.0 Å². The van der Waals surface area contributed by atoms with Gasteiger partial charge < -0.3 is 14.2 Å². The highest BCUT2D eigenvalue weighted by Crippen LogP contribution is 2.21. The summed E-state index contributed by atoms with van der Waals surface area (Å²) in [5.41, 5.74) is -0.880. The van der Waals surface area contributed by atoms with Crippen molar-refractivity contribution in [3.63, 3.8) is 0 Å². The second-order valence-corrected chi connectivity index (χ2v) is 4.17. The molecular weight excluding hydrogens is 227 g/mol. The Bertz CT molecular complexity index is 223. The zero-order valence-electron chi connectivity index (χ0n) is 11.1. The Morgan fingerprint density at radius 3 is 2.59 bits per heavy atom. The van der Waals surface area contributed by atoms with Gasteiger partial charge in [-0.2, -0.15) is 0 Å². The van der Waals surface area contributed by atoms with Crippen LogP contribution in [0.15, 0.2) is 0 Å². The highest BCUT2D eigenvalue weighted by Gasteiger charge is 2.27. The summed E-state index contributed by atoms with van der Waals surface area (Å²) in [6, 6.07) is 0. The molecule has 0 aromatic carbocycles. The van der Waals surface area contributed by atoms with Gasteiger partial charge in [0.15, 0.2) is 6.29 Å². The molecule has 0 bridgehead atoms. The topological polar surface area (TPSA) is 44.8 Å². The number of alkyl halides is 1. The molecule has 0 saturated heterocycles. The number of ether oxygens (including phenoxy) is 3. The number of esters is 1. The minimum Gasteiger partial charge on any atom is -0.466 e. The van der Waals surface area contributed by atoms with Gasteiger partial charge in [-0.25, -0.2) is 4.39 Å². The fourth-order valence-electron chi connectivity index (χ4n) is 1.49. The van der Waals surface area contributed by atoms with E-state index in [9.17, 15) is 9.18 Å². The Kier molecular flexibility index (Phi) is 8.08. The molecule has 0 saturated carbocycles. The average Bonchev–Trinajstić information content (AvgIpc) is 2.24. The Hall–Kier alpha value is -0.680. The first-order valence-electron chi connectivity index (χ1n) is 5.92. The van der Waals surface area contributed by atoms with Crippen molar-refractivity contribution >= 4 is 5.97 Å². The van der Waals surface area contributed by atoms with Gasteiger partial charge in [-0.3, -0.25) is 4.79 Å². The molecule has 0 amide bonds. The van der Waals surface area contributed by atoms with Crippen molar-refractivity contribution in [3.05, 3.63) is 0 Å². The molecule has 0 N–H and O–H groups in total. The molecule has 0 aliphatic rings. The minimum atomic E-state index is -0.880. The van der Waals surface area contributed by atoms with Crippen LogP contribution in [0.2, 0.25) is 0 Å². The molecule has 0 aliphatic heterocycles. The quantitative estimate of drug-likeness (QED) is 0.358. The third-order valence-corrected chi connectivity index (χ3v) is 2.29. The van der Waals surface area contributed by atoms with E-state index >= 15 is 0 Å². The summed E-state index contributed by atoms with van der Waals surface area (Å²) in [6.45, 7) is 6.86. The van der Waals surface area contributed by atoms with E-state index in [1.807, 2.05) is 6.92 Å². The summed E-state index contributed by atoms with van der Waals surface area (Å²) in [5, 5.41) is 0. The molecule has 102 valence electrons. The maximum Gasteiger partial charge on any atom is 0.302 e. The van der Waals surface area contributed by atoms with Gasteiger partial charge >= 0.3 is 5.97 Å². The van der Waals surface area contributed by atoms with Crippen molar-refractivity contribution in [3.8, 4) is 0 Å². The highest BCUT2D eigenvalue weighted by molar-refractivity contribution is 5.65. The van der Waals surface area contributed by atoms with Crippen LogP contribution in [0.1, 0.15) is 40.5 Å². The van der Waals surface area contributed by atoms with Gasteiger partial charge in [0, 0.05) is 13.5 Å². The minimum absolute atomic E-state index is 0.289. The molecule has 0 spiro atoms. The third kappa shape index (κ3) is 8.10. The van der Waals surface area contributed by atoms with Gasteiger partial charge in [0.2, 0.25) is 0 Å². The molecule has 0 aliphatic carbocycles. The monoisotopic (exact) mass is 250 g/mol.